The summed E-state index contributed by atoms with van der Waals surface area (Å²) in [5, 5.41) is 13.3. The molecule has 0 radical (unpaired) electrons. The second-order valence-corrected chi connectivity index (χ2v) is 4.76. The molecule has 0 atom stereocenters. The van der Waals surface area contributed by atoms with Crippen LogP contribution in [0, 0.1) is 0 Å². The highest BCUT2D eigenvalue weighted by Crippen LogP contribution is 2.38. The summed E-state index contributed by atoms with van der Waals surface area (Å²) in [6.45, 7) is 2.96. The molecule has 0 heterocycles. The van der Waals surface area contributed by atoms with Gasteiger partial charge in [0.1, 0.15) is 0 Å². The smallest absolute Gasteiger partial charge is 0.200 e. The molecule has 2 N–H and O–H groups in total. The second-order valence-electron chi connectivity index (χ2n) is 4.76. The van der Waals surface area contributed by atoms with Gasteiger partial charge in [0.15, 0.2) is 11.5 Å². The number of ether oxygens (including phenoxy) is 2. The number of benzene rings is 1. The van der Waals surface area contributed by atoms with E-state index < -0.39 is 0 Å². The van der Waals surface area contributed by atoms with E-state index in [0.717, 1.165) is 12.1 Å². The van der Waals surface area contributed by atoms with Crippen molar-refractivity contribution in [3.05, 3.63) is 17.7 Å². The molecule has 94 valence electrons. The van der Waals surface area contributed by atoms with Crippen molar-refractivity contribution in [2.24, 2.45) is 0 Å². The molecule has 1 fully saturated rings. The molecule has 0 saturated heterocycles. The number of phenolic OH excluding ortho intramolecular Hbond substituents is 1. The number of hydrogen-bond donors (Lipinski definition) is 2. The number of nitrogens with one attached hydrogen (secondary N) is 1. The van der Waals surface area contributed by atoms with Crippen LogP contribution in [0.15, 0.2) is 12.1 Å². The molecular weight excluding hydrogens is 218 g/mol. The van der Waals surface area contributed by atoms with Gasteiger partial charge in [-0.15, -0.1) is 0 Å². The maximum absolute atomic E-state index is 9.78. The van der Waals surface area contributed by atoms with Crippen LogP contribution in [0.2, 0.25) is 0 Å². The van der Waals surface area contributed by atoms with Gasteiger partial charge in [-0.2, -0.15) is 0 Å². The summed E-state index contributed by atoms with van der Waals surface area (Å²) in [7, 11) is 3.07. The average molecular weight is 237 g/mol. The van der Waals surface area contributed by atoms with E-state index in [2.05, 4.69) is 12.2 Å². The third-order valence-electron chi connectivity index (χ3n) is 3.26. The monoisotopic (exact) mass is 237 g/mol. The van der Waals surface area contributed by atoms with Crippen LogP contribution in [-0.4, -0.2) is 24.9 Å². The maximum atomic E-state index is 9.78. The van der Waals surface area contributed by atoms with Gasteiger partial charge in [-0.05, 0) is 37.5 Å². The minimum absolute atomic E-state index is 0.0522. The molecular formula is C13H19NO3. The molecule has 4 heteroatoms. The maximum Gasteiger partial charge on any atom is 0.200 e. The van der Waals surface area contributed by atoms with Crippen LogP contribution < -0.4 is 14.8 Å². The van der Waals surface area contributed by atoms with Crippen LogP contribution in [0.1, 0.15) is 25.3 Å². The molecule has 1 aromatic carbocycles. The van der Waals surface area contributed by atoms with Gasteiger partial charge in [0, 0.05) is 12.1 Å². The number of rotatable bonds is 5. The first-order chi connectivity index (χ1) is 8.08. The zero-order valence-electron chi connectivity index (χ0n) is 10.5. The molecule has 0 amide bonds. The fourth-order valence-electron chi connectivity index (χ4n) is 1.73. The molecule has 0 aliphatic heterocycles. The van der Waals surface area contributed by atoms with Crippen molar-refractivity contribution >= 4 is 0 Å². The average Bonchev–Trinajstić information content (AvgIpc) is 3.06. The van der Waals surface area contributed by atoms with E-state index in [4.69, 9.17) is 9.47 Å². The summed E-state index contributed by atoms with van der Waals surface area (Å²) in [5.74, 6) is 0.945. The highest BCUT2D eigenvalue weighted by molar-refractivity contribution is 5.52. The van der Waals surface area contributed by atoms with Crippen molar-refractivity contribution in [2.45, 2.75) is 31.8 Å². The van der Waals surface area contributed by atoms with Gasteiger partial charge in [-0.25, -0.2) is 0 Å². The molecule has 1 aromatic rings. The third kappa shape index (κ3) is 2.64. The van der Waals surface area contributed by atoms with Crippen LogP contribution in [0.4, 0.5) is 0 Å². The predicted octanol–water partition coefficient (Wildman–Crippen LogP) is 2.05. The van der Waals surface area contributed by atoms with Gasteiger partial charge in [-0.3, -0.25) is 0 Å². The molecule has 1 aliphatic rings. The Labute approximate surface area is 102 Å². The van der Waals surface area contributed by atoms with E-state index >= 15 is 0 Å². The Morgan fingerprint density at radius 1 is 1.24 bits per heavy atom. The number of hydrogen-bond acceptors (Lipinski definition) is 4. The zero-order valence-corrected chi connectivity index (χ0v) is 10.5. The minimum Gasteiger partial charge on any atom is -0.502 e. The van der Waals surface area contributed by atoms with E-state index in [0.29, 0.717) is 17.0 Å². The molecule has 0 aromatic heterocycles. The predicted molar refractivity (Wildman–Crippen MR) is 65.7 cm³/mol. The Kier molecular flexibility index (Phi) is 3.15. The highest BCUT2D eigenvalue weighted by Gasteiger charge is 2.36. The number of phenols is 1. The summed E-state index contributed by atoms with van der Waals surface area (Å²) in [6.07, 6.45) is 2.44. The molecule has 2 rings (SSSR count). The van der Waals surface area contributed by atoms with E-state index in [1.54, 1.807) is 0 Å². The fourth-order valence-corrected chi connectivity index (χ4v) is 1.73. The standard InChI is InChI=1S/C13H19NO3/c1-13(4-5-13)14-8-9-6-10(16-2)12(15)11(7-9)17-3/h6-7,14-15H,4-5,8H2,1-3H3. The highest BCUT2D eigenvalue weighted by atomic mass is 16.5. The minimum atomic E-state index is 0.0522. The first kappa shape index (κ1) is 12.0. The molecule has 0 bridgehead atoms. The fraction of sp³-hybridized carbons (Fsp3) is 0.538. The van der Waals surface area contributed by atoms with E-state index in [9.17, 15) is 5.11 Å². The molecule has 1 saturated carbocycles. The lowest BCUT2D eigenvalue weighted by Crippen LogP contribution is -2.26. The van der Waals surface area contributed by atoms with Gasteiger partial charge in [0.05, 0.1) is 14.2 Å². The van der Waals surface area contributed by atoms with E-state index in [1.807, 2.05) is 12.1 Å². The van der Waals surface area contributed by atoms with Crippen LogP contribution in [0.5, 0.6) is 17.2 Å². The quantitative estimate of drug-likeness (QED) is 0.823. The summed E-state index contributed by atoms with van der Waals surface area (Å²) >= 11 is 0. The zero-order chi connectivity index (χ0) is 12.5. The van der Waals surface area contributed by atoms with Gasteiger partial charge in [0.2, 0.25) is 5.75 Å². The van der Waals surface area contributed by atoms with E-state index in [-0.39, 0.29) is 5.75 Å². The van der Waals surface area contributed by atoms with Crippen molar-refractivity contribution in [1.82, 2.24) is 5.32 Å². The first-order valence-corrected chi connectivity index (χ1v) is 5.77. The third-order valence-corrected chi connectivity index (χ3v) is 3.26. The summed E-state index contributed by atoms with van der Waals surface area (Å²) in [4.78, 5) is 0. The van der Waals surface area contributed by atoms with Crippen LogP contribution in [0.25, 0.3) is 0 Å². The second kappa shape index (κ2) is 4.45. The molecule has 0 unspecified atom stereocenters. The molecule has 1 aliphatic carbocycles. The Morgan fingerprint density at radius 2 is 1.76 bits per heavy atom. The SMILES string of the molecule is COc1cc(CNC2(C)CC2)cc(OC)c1O. The van der Waals surface area contributed by atoms with Crippen molar-refractivity contribution in [3.63, 3.8) is 0 Å². The first-order valence-electron chi connectivity index (χ1n) is 5.77. The summed E-state index contributed by atoms with van der Waals surface area (Å²) in [5.41, 5.74) is 1.34. The molecule has 17 heavy (non-hydrogen) atoms. The lowest BCUT2D eigenvalue weighted by atomic mass is 10.1. The summed E-state index contributed by atoms with van der Waals surface area (Å²) < 4.78 is 10.2. The topological polar surface area (TPSA) is 50.7 Å². The van der Waals surface area contributed by atoms with Crippen molar-refractivity contribution in [1.29, 1.82) is 0 Å². The Morgan fingerprint density at radius 3 is 2.18 bits per heavy atom. The van der Waals surface area contributed by atoms with Gasteiger partial charge in [-0.1, -0.05) is 0 Å². The Hall–Kier alpha value is -1.42. The Balaban J connectivity index is 2.15. The Bertz CT molecular complexity index is 388. The lowest BCUT2D eigenvalue weighted by Gasteiger charge is -2.14. The van der Waals surface area contributed by atoms with Gasteiger partial charge >= 0.3 is 0 Å². The van der Waals surface area contributed by atoms with Gasteiger partial charge < -0.3 is 19.9 Å². The van der Waals surface area contributed by atoms with Crippen LogP contribution in [0.3, 0.4) is 0 Å². The van der Waals surface area contributed by atoms with Crippen molar-refractivity contribution < 1.29 is 14.6 Å². The normalized spacial score (nSPS) is 16.6. The molecule has 4 nitrogen and oxygen atoms in total. The largest absolute Gasteiger partial charge is 0.502 e. The lowest BCUT2D eigenvalue weighted by molar-refractivity contribution is 0.338. The molecule has 0 spiro atoms. The van der Waals surface area contributed by atoms with E-state index in [1.165, 1.54) is 27.1 Å². The van der Waals surface area contributed by atoms with Crippen LogP contribution in [-0.2, 0) is 6.54 Å². The number of aromatic hydroxyl groups is 1. The number of methoxy groups -OCH3 is 2. The van der Waals surface area contributed by atoms with Crippen molar-refractivity contribution in [3.8, 4) is 17.2 Å². The summed E-state index contributed by atoms with van der Waals surface area (Å²) in [6, 6.07) is 3.66. The van der Waals surface area contributed by atoms with Crippen molar-refractivity contribution in [2.75, 3.05) is 14.2 Å². The van der Waals surface area contributed by atoms with Crippen LogP contribution >= 0.6 is 0 Å². The van der Waals surface area contributed by atoms with Gasteiger partial charge in [0.25, 0.3) is 0 Å².